The van der Waals surface area contributed by atoms with Crippen LogP contribution in [0.15, 0.2) is 97.1 Å². The quantitative estimate of drug-likeness (QED) is 0.195. The third-order valence-electron chi connectivity index (χ3n) is 7.49. The summed E-state index contributed by atoms with van der Waals surface area (Å²) in [6.07, 6.45) is 3.76. The van der Waals surface area contributed by atoms with Gasteiger partial charge in [0, 0.05) is 18.2 Å². The number of nitrogens with one attached hydrogen (secondary N) is 1. The minimum Gasteiger partial charge on any atom is -0.389 e. The molecule has 4 aromatic rings. The third kappa shape index (κ3) is 8.40. The summed E-state index contributed by atoms with van der Waals surface area (Å²) < 4.78 is 21.7. The molecule has 0 bridgehead atoms. The highest BCUT2D eigenvalue weighted by Gasteiger charge is 2.27. The number of rotatable bonds is 11. The van der Waals surface area contributed by atoms with E-state index >= 15 is 0 Å². The van der Waals surface area contributed by atoms with Gasteiger partial charge in [-0.25, -0.2) is 0 Å². The molecule has 6 heteroatoms. The minimum absolute atomic E-state index is 0.0781. The van der Waals surface area contributed by atoms with Gasteiger partial charge in [-0.15, -0.1) is 0 Å². The predicted molar refractivity (Wildman–Crippen MR) is 174 cm³/mol. The molecule has 0 fully saturated rings. The summed E-state index contributed by atoms with van der Waals surface area (Å²) in [6, 6.07) is 32.2. The van der Waals surface area contributed by atoms with Crippen molar-refractivity contribution in [1.82, 2.24) is 4.72 Å². The van der Waals surface area contributed by atoms with Crippen LogP contribution in [0, 0.1) is 6.92 Å². The molecule has 0 saturated heterocycles. The van der Waals surface area contributed by atoms with Crippen molar-refractivity contribution in [3.05, 3.63) is 130 Å². The van der Waals surface area contributed by atoms with Crippen molar-refractivity contribution < 1.29 is 13.2 Å². The van der Waals surface area contributed by atoms with Gasteiger partial charge >= 0.3 is 0 Å². The molecule has 5 rings (SSSR count). The van der Waals surface area contributed by atoms with E-state index in [2.05, 4.69) is 55.0 Å². The number of carbonyl (C=O) groups excluding carboxylic acids is 1. The first kappa shape index (κ1) is 31.2. The van der Waals surface area contributed by atoms with Crippen LogP contribution in [0.4, 0.5) is 5.69 Å². The first-order valence-corrected chi connectivity index (χ1v) is 16.0. The molecule has 0 aromatic heterocycles. The highest BCUT2D eigenvalue weighted by Crippen LogP contribution is 2.35. The summed E-state index contributed by atoms with van der Waals surface area (Å²) in [5, 5.41) is 0. The lowest BCUT2D eigenvalue weighted by molar-refractivity contribution is -0.118. The number of nitrogens with zero attached hydrogens (tertiary/aromatic N) is 1. The van der Waals surface area contributed by atoms with E-state index in [1.54, 1.807) is 0 Å². The number of benzene rings is 4. The van der Waals surface area contributed by atoms with Gasteiger partial charge in [0.05, 0.1) is 6.54 Å². The first-order valence-electron chi connectivity index (χ1n) is 15.0. The summed E-state index contributed by atoms with van der Waals surface area (Å²) in [4.78, 5) is 15.5. The lowest BCUT2D eigenvalue weighted by atomic mass is 10.0. The summed E-state index contributed by atoms with van der Waals surface area (Å²) >= 11 is -1.69. The Balaban J connectivity index is 0.00000198. The molecule has 42 heavy (non-hydrogen) atoms. The fourth-order valence-electron chi connectivity index (χ4n) is 5.12. The Morgan fingerprint density at radius 3 is 2.29 bits per heavy atom. The normalized spacial score (nSPS) is 14.3. The number of amides is 1. The average molecular weight is 583 g/mol. The van der Waals surface area contributed by atoms with Crippen molar-refractivity contribution in [3.8, 4) is 5.75 Å². The van der Waals surface area contributed by atoms with E-state index < -0.39 is 11.3 Å². The maximum Gasteiger partial charge on any atom is 0.288 e. The van der Waals surface area contributed by atoms with Crippen LogP contribution >= 0.6 is 0 Å². The second-order valence-electron chi connectivity index (χ2n) is 10.4. The SMILES string of the molecule is CC.CCc1ccc(OS(=O)NC2CCc3ccc(N(Cc4ccccc4)C(=O)CCc4ccc(C)cc4)cc32)cc1. The molecular weight excluding hydrogens is 540 g/mol. The van der Waals surface area contributed by atoms with Gasteiger partial charge in [-0.1, -0.05) is 99.1 Å². The second-order valence-corrected chi connectivity index (χ2v) is 11.2. The fraction of sp³-hybridized carbons (Fsp3) is 0.306. The highest BCUT2D eigenvalue weighted by atomic mass is 32.2. The minimum atomic E-state index is -1.69. The molecule has 0 heterocycles. The van der Waals surface area contributed by atoms with Gasteiger partial charge < -0.3 is 9.08 Å². The van der Waals surface area contributed by atoms with Crippen molar-refractivity contribution in [2.24, 2.45) is 0 Å². The average Bonchev–Trinajstić information content (AvgIpc) is 3.42. The highest BCUT2D eigenvalue weighted by molar-refractivity contribution is 7.78. The van der Waals surface area contributed by atoms with Gasteiger partial charge in [-0.2, -0.15) is 8.93 Å². The van der Waals surface area contributed by atoms with Crippen LogP contribution < -0.4 is 13.8 Å². The Kier molecular flexibility index (Phi) is 11.5. The van der Waals surface area contributed by atoms with Gasteiger partial charge in [0.1, 0.15) is 5.75 Å². The summed E-state index contributed by atoms with van der Waals surface area (Å²) in [7, 11) is 0. The molecule has 1 aliphatic carbocycles. The zero-order valence-electron chi connectivity index (χ0n) is 25.1. The van der Waals surface area contributed by atoms with Crippen LogP contribution in [0.2, 0.25) is 0 Å². The Hall–Kier alpha value is -3.74. The summed E-state index contributed by atoms with van der Waals surface area (Å²) in [6.45, 7) is 8.66. The molecule has 0 aliphatic heterocycles. The molecule has 1 amide bonds. The third-order valence-corrected chi connectivity index (χ3v) is 8.31. The second kappa shape index (κ2) is 15.5. The molecule has 0 spiro atoms. The number of aryl methyl sites for hydroxylation is 4. The smallest absolute Gasteiger partial charge is 0.288 e. The Morgan fingerprint density at radius 2 is 1.60 bits per heavy atom. The van der Waals surface area contributed by atoms with E-state index in [0.717, 1.165) is 41.6 Å². The summed E-state index contributed by atoms with van der Waals surface area (Å²) in [5.41, 5.74) is 7.78. The lowest BCUT2D eigenvalue weighted by Crippen LogP contribution is -2.31. The Morgan fingerprint density at radius 1 is 0.905 bits per heavy atom. The predicted octanol–water partition coefficient (Wildman–Crippen LogP) is 7.98. The molecule has 4 aromatic carbocycles. The van der Waals surface area contributed by atoms with Crippen molar-refractivity contribution in [2.45, 2.75) is 72.4 Å². The zero-order chi connectivity index (χ0) is 29.9. The van der Waals surface area contributed by atoms with Gasteiger partial charge in [0.25, 0.3) is 11.3 Å². The zero-order valence-corrected chi connectivity index (χ0v) is 26.0. The van der Waals surface area contributed by atoms with Gasteiger partial charge in [0.2, 0.25) is 5.91 Å². The topological polar surface area (TPSA) is 58.6 Å². The van der Waals surface area contributed by atoms with Crippen LogP contribution in [-0.2, 0) is 41.9 Å². The molecule has 2 atom stereocenters. The number of anilines is 1. The molecule has 220 valence electrons. The fourth-order valence-corrected chi connectivity index (χ4v) is 5.93. The maximum atomic E-state index is 13.6. The number of hydrogen-bond donors (Lipinski definition) is 1. The van der Waals surface area contributed by atoms with Gasteiger partial charge in [-0.3, -0.25) is 4.79 Å². The van der Waals surface area contributed by atoms with Crippen LogP contribution in [0.1, 0.15) is 73.0 Å². The molecule has 0 saturated carbocycles. The van der Waals surface area contributed by atoms with E-state index in [9.17, 15) is 9.00 Å². The van der Waals surface area contributed by atoms with Crippen molar-refractivity contribution in [3.63, 3.8) is 0 Å². The van der Waals surface area contributed by atoms with E-state index in [4.69, 9.17) is 4.18 Å². The number of hydrogen-bond acceptors (Lipinski definition) is 3. The number of carbonyl (C=O) groups is 1. The van der Waals surface area contributed by atoms with E-state index in [1.807, 2.05) is 79.4 Å². The molecule has 2 unspecified atom stereocenters. The van der Waals surface area contributed by atoms with Crippen LogP contribution in [0.25, 0.3) is 0 Å². The Labute approximate surface area is 253 Å². The van der Waals surface area contributed by atoms with Crippen LogP contribution in [0.5, 0.6) is 5.75 Å². The molecular formula is C36H42N2O3S. The van der Waals surface area contributed by atoms with Gasteiger partial charge in [-0.05, 0) is 84.7 Å². The van der Waals surface area contributed by atoms with E-state index in [1.165, 1.54) is 16.7 Å². The first-order chi connectivity index (χ1) is 20.5. The van der Waals surface area contributed by atoms with Crippen LogP contribution in [-0.4, -0.2) is 10.1 Å². The largest absolute Gasteiger partial charge is 0.389 e. The Bertz CT molecular complexity index is 1450. The van der Waals surface area contributed by atoms with Crippen LogP contribution in [0.3, 0.4) is 0 Å². The monoisotopic (exact) mass is 582 g/mol. The maximum absolute atomic E-state index is 13.6. The standard InChI is InChI=1S/C34H36N2O3S.C2H6/c1-3-26-13-19-31(20-14-26)39-40(38)35-33-21-17-29-16-18-30(23-32(29)33)36(24-28-7-5-4-6-8-28)34(37)22-15-27-11-9-25(2)10-12-27;1-2/h4-14,16,18-20,23,33,35H,3,15,17,21-22,24H2,1-2H3;1-2H3. The molecule has 1 N–H and O–H groups in total. The van der Waals surface area contributed by atoms with Crippen molar-refractivity contribution in [1.29, 1.82) is 0 Å². The van der Waals surface area contributed by atoms with E-state index in [-0.39, 0.29) is 11.9 Å². The van der Waals surface area contributed by atoms with E-state index in [0.29, 0.717) is 25.1 Å². The molecule has 0 radical (unpaired) electrons. The number of fused-ring (bicyclic) bond motifs is 1. The van der Waals surface area contributed by atoms with Gasteiger partial charge in [0.15, 0.2) is 0 Å². The molecule has 1 aliphatic rings. The van der Waals surface area contributed by atoms with Crippen molar-refractivity contribution in [2.75, 3.05) is 4.90 Å². The molecule has 5 nitrogen and oxygen atoms in total. The van der Waals surface area contributed by atoms with Crippen molar-refractivity contribution >= 4 is 22.9 Å². The summed E-state index contributed by atoms with van der Waals surface area (Å²) in [5.74, 6) is 0.650. The lowest BCUT2D eigenvalue weighted by Gasteiger charge is -2.25.